The molecule has 3 N–H and O–H groups in total. The molecule has 0 aromatic heterocycles. The highest BCUT2D eigenvalue weighted by molar-refractivity contribution is 14.0. The first-order valence-electron chi connectivity index (χ1n) is 10.4. The molecular weight excluding hydrogens is 485 g/mol. The summed E-state index contributed by atoms with van der Waals surface area (Å²) >= 11 is 0. The fourth-order valence-electron chi connectivity index (χ4n) is 3.92. The molecular formula is C20H38IN5O3. The Morgan fingerprint density at radius 3 is 2.31 bits per heavy atom. The number of ether oxygens (including phenoxy) is 1. The molecule has 168 valence electrons. The van der Waals surface area contributed by atoms with Crippen LogP contribution in [0.3, 0.4) is 0 Å². The smallest absolute Gasteiger partial charge is 0.410 e. The van der Waals surface area contributed by atoms with Gasteiger partial charge in [0.25, 0.3) is 0 Å². The first kappa shape index (κ1) is 25.8. The highest BCUT2D eigenvalue weighted by Gasteiger charge is 2.28. The quantitative estimate of drug-likeness (QED) is 0.335. The van der Waals surface area contributed by atoms with E-state index in [0.29, 0.717) is 18.3 Å². The number of aliphatic imine (C=N–C) groups is 1. The predicted molar refractivity (Wildman–Crippen MR) is 125 cm³/mol. The Bertz CT molecular complexity index is 571. The second kappa shape index (κ2) is 11.8. The van der Waals surface area contributed by atoms with Crippen molar-refractivity contribution in [2.75, 3.05) is 39.8 Å². The molecule has 2 fully saturated rings. The van der Waals surface area contributed by atoms with Crippen molar-refractivity contribution in [2.24, 2.45) is 22.6 Å². The first-order valence-corrected chi connectivity index (χ1v) is 10.4. The fraction of sp³-hybridized carbons (Fsp3) is 0.850. The van der Waals surface area contributed by atoms with Crippen LogP contribution >= 0.6 is 24.0 Å². The number of nitrogens with zero attached hydrogens (tertiary/aromatic N) is 3. The maximum atomic E-state index is 12.2. The highest BCUT2D eigenvalue weighted by atomic mass is 127. The molecule has 2 amide bonds. The third-order valence-corrected chi connectivity index (χ3v) is 5.34. The van der Waals surface area contributed by atoms with Crippen molar-refractivity contribution >= 4 is 41.9 Å². The Morgan fingerprint density at radius 2 is 1.76 bits per heavy atom. The zero-order valence-corrected chi connectivity index (χ0v) is 20.6. The fourth-order valence-corrected chi connectivity index (χ4v) is 3.92. The first-order chi connectivity index (χ1) is 13.2. The number of halogens is 1. The number of rotatable bonds is 4. The number of guanidine groups is 1. The molecule has 0 bridgehead atoms. The van der Waals surface area contributed by atoms with E-state index in [-0.39, 0.29) is 36.0 Å². The molecule has 0 aromatic rings. The molecule has 0 radical (unpaired) electrons. The molecule has 2 rings (SSSR count). The van der Waals surface area contributed by atoms with Crippen molar-refractivity contribution in [1.29, 1.82) is 0 Å². The number of carbonyl (C=O) groups excluding carboxylic acids is 2. The van der Waals surface area contributed by atoms with Gasteiger partial charge in [-0.05, 0) is 58.3 Å². The van der Waals surface area contributed by atoms with E-state index in [4.69, 9.17) is 10.5 Å². The van der Waals surface area contributed by atoms with Crippen molar-refractivity contribution in [1.82, 2.24) is 15.1 Å². The third-order valence-electron chi connectivity index (χ3n) is 5.34. The van der Waals surface area contributed by atoms with Gasteiger partial charge in [0.15, 0.2) is 5.96 Å². The molecule has 2 saturated heterocycles. The van der Waals surface area contributed by atoms with Crippen LogP contribution in [0.25, 0.3) is 0 Å². The van der Waals surface area contributed by atoms with E-state index in [1.54, 1.807) is 11.9 Å². The van der Waals surface area contributed by atoms with Gasteiger partial charge in [-0.2, -0.15) is 0 Å². The minimum Gasteiger partial charge on any atom is -0.444 e. The number of hydrogen-bond donors (Lipinski definition) is 2. The summed E-state index contributed by atoms with van der Waals surface area (Å²) in [5.74, 6) is 1.47. The van der Waals surface area contributed by atoms with E-state index in [0.717, 1.165) is 64.4 Å². The van der Waals surface area contributed by atoms with Crippen LogP contribution in [-0.4, -0.2) is 73.1 Å². The van der Waals surface area contributed by atoms with Gasteiger partial charge in [0.2, 0.25) is 5.91 Å². The largest absolute Gasteiger partial charge is 0.444 e. The molecule has 2 heterocycles. The summed E-state index contributed by atoms with van der Waals surface area (Å²) in [6.07, 6.45) is 4.22. The number of likely N-dealkylation sites (tertiary alicyclic amines) is 2. The lowest BCUT2D eigenvalue weighted by Crippen LogP contribution is -2.49. The van der Waals surface area contributed by atoms with Crippen LogP contribution in [0.4, 0.5) is 4.79 Å². The molecule has 0 aromatic carbocycles. The number of primary amides is 1. The molecule has 0 spiro atoms. The summed E-state index contributed by atoms with van der Waals surface area (Å²) in [6.45, 7) is 9.73. The van der Waals surface area contributed by atoms with Gasteiger partial charge in [0.05, 0.1) is 0 Å². The third kappa shape index (κ3) is 8.96. The van der Waals surface area contributed by atoms with Gasteiger partial charge in [-0.3, -0.25) is 9.79 Å². The molecule has 1 unspecified atom stereocenters. The van der Waals surface area contributed by atoms with Crippen molar-refractivity contribution in [2.45, 2.75) is 58.5 Å². The van der Waals surface area contributed by atoms with Crippen LogP contribution in [0.5, 0.6) is 0 Å². The number of nitrogens with two attached hydrogens (primary N) is 1. The zero-order valence-electron chi connectivity index (χ0n) is 18.3. The normalized spacial score (nSPS) is 21.4. The van der Waals surface area contributed by atoms with E-state index < -0.39 is 5.60 Å². The number of nitrogens with one attached hydrogen (secondary N) is 1. The molecule has 8 nitrogen and oxygen atoms in total. The lowest BCUT2D eigenvalue weighted by molar-refractivity contribution is -0.119. The summed E-state index contributed by atoms with van der Waals surface area (Å²) < 4.78 is 5.46. The van der Waals surface area contributed by atoms with Crippen molar-refractivity contribution < 1.29 is 14.3 Å². The lowest BCUT2D eigenvalue weighted by Gasteiger charge is -2.36. The van der Waals surface area contributed by atoms with Gasteiger partial charge < -0.3 is 25.6 Å². The van der Waals surface area contributed by atoms with Crippen molar-refractivity contribution in [3.63, 3.8) is 0 Å². The average Bonchev–Trinajstić information content (AvgIpc) is 2.61. The second-order valence-electron chi connectivity index (χ2n) is 8.96. The number of hydrogen-bond acceptors (Lipinski definition) is 4. The summed E-state index contributed by atoms with van der Waals surface area (Å²) in [7, 11) is 1.80. The zero-order chi connectivity index (χ0) is 20.7. The minimum absolute atomic E-state index is 0. The van der Waals surface area contributed by atoms with E-state index >= 15 is 0 Å². The van der Waals surface area contributed by atoms with Crippen LogP contribution in [0.1, 0.15) is 52.9 Å². The molecule has 9 heteroatoms. The van der Waals surface area contributed by atoms with Crippen molar-refractivity contribution in [3.8, 4) is 0 Å². The number of amides is 2. The van der Waals surface area contributed by atoms with Crippen LogP contribution in [-0.2, 0) is 9.53 Å². The van der Waals surface area contributed by atoms with E-state index in [2.05, 4.69) is 15.2 Å². The number of carbonyl (C=O) groups is 2. The Balaban J connectivity index is 0.00000420. The van der Waals surface area contributed by atoms with Gasteiger partial charge in [-0.15, -0.1) is 24.0 Å². The topological polar surface area (TPSA) is 100 Å². The molecule has 0 saturated carbocycles. The van der Waals surface area contributed by atoms with Gasteiger partial charge in [-0.1, -0.05) is 0 Å². The summed E-state index contributed by atoms with van der Waals surface area (Å²) in [4.78, 5) is 31.8. The maximum Gasteiger partial charge on any atom is 0.410 e. The Hall–Kier alpha value is -1.26. The molecule has 29 heavy (non-hydrogen) atoms. The SMILES string of the molecule is CN=C(NCC1CCN(C(=O)OC(C)(C)C)CC1)N1CCCC(CC(N)=O)C1.I. The number of piperidine rings is 2. The summed E-state index contributed by atoms with van der Waals surface area (Å²) in [5.41, 5.74) is 4.90. The molecule has 2 aliphatic rings. The predicted octanol–water partition coefficient (Wildman–Crippen LogP) is 2.41. The van der Waals surface area contributed by atoms with Gasteiger partial charge in [-0.25, -0.2) is 4.79 Å². The monoisotopic (exact) mass is 523 g/mol. The molecule has 1 atom stereocenters. The van der Waals surface area contributed by atoms with Crippen LogP contribution < -0.4 is 11.1 Å². The molecule has 2 aliphatic heterocycles. The summed E-state index contributed by atoms with van der Waals surface area (Å²) in [6, 6.07) is 0. The lowest BCUT2D eigenvalue weighted by atomic mass is 9.94. The average molecular weight is 523 g/mol. The van der Waals surface area contributed by atoms with Gasteiger partial charge in [0.1, 0.15) is 5.60 Å². The molecule has 0 aliphatic carbocycles. The Kier molecular flexibility index (Phi) is 10.5. The van der Waals surface area contributed by atoms with Crippen LogP contribution in [0.2, 0.25) is 0 Å². The summed E-state index contributed by atoms with van der Waals surface area (Å²) in [5, 5.41) is 3.49. The van der Waals surface area contributed by atoms with Crippen LogP contribution in [0.15, 0.2) is 4.99 Å². The van der Waals surface area contributed by atoms with Crippen molar-refractivity contribution in [3.05, 3.63) is 0 Å². The van der Waals surface area contributed by atoms with Gasteiger partial charge >= 0.3 is 6.09 Å². The maximum absolute atomic E-state index is 12.2. The minimum atomic E-state index is -0.456. The van der Waals surface area contributed by atoms with E-state index in [9.17, 15) is 9.59 Å². The highest BCUT2D eigenvalue weighted by Crippen LogP contribution is 2.21. The Labute approximate surface area is 192 Å². The Morgan fingerprint density at radius 1 is 1.10 bits per heavy atom. The second-order valence-corrected chi connectivity index (χ2v) is 8.96. The van der Waals surface area contributed by atoms with Gasteiger partial charge in [0, 0.05) is 46.2 Å². The van der Waals surface area contributed by atoms with E-state index in [1.807, 2.05) is 20.8 Å². The standard InChI is InChI=1S/C20H37N5O3.HI/c1-20(2,3)28-19(27)24-10-7-15(8-11-24)13-23-18(22-4)25-9-5-6-16(14-25)12-17(21)26;/h15-16H,5-14H2,1-4H3,(H2,21,26)(H,22,23);1H. The van der Waals surface area contributed by atoms with Crippen LogP contribution in [0, 0.1) is 11.8 Å². The van der Waals surface area contributed by atoms with E-state index in [1.165, 1.54) is 0 Å².